The molecule has 1 heterocycles. The minimum Gasteiger partial charge on any atom is -0.345 e. The Kier molecular flexibility index (Phi) is 4.11. The first kappa shape index (κ1) is 15.2. The van der Waals surface area contributed by atoms with Gasteiger partial charge in [-0.05, 0) is 17.9 Å². The minimum atomic E-state index is -0.294. The van der Waals surface area contributed by atoms with Crippen LogP contribution in [0.2, 0.25) is 0 Å². The smallest absolute Gasteiger partial charge is 0.249 e. The van der Waals surface area contributed by atoms with Gasteiger partial charge in [0.25, 0.3) is 0 Å². The third-order valence-corrected chi connectivity index (χ3v) is 3.24. The molecule has 1 aromatic heterocycles. The largest absolute Gasteiger partial charge is 0.345 e. The maximum absolute atomic E-state index is 11.0. The second kappa shape index (κ2) is 5.68. The van der Waals surface area contributed by atoms with E-state index >= 15 is 0 Å². The van der Waals surface area contributed by atoms with Gasteiger partial charge in [0.2, 0.25) is 17.6 Å². The molecule has 0 radical (unpaired) electrons. The van der Waals surface area contributed by atoms with Crippen molar-refractivity contribution in [3.8, 4) is 11.4 Å². The SMILES string of the molecule is CC(=O)NC(C)c1nc(-c2ccc(C(C)(C)C)cc2)no1. The van der Waals surface area contributed by atoms with Gasteiger partial charge in [0.05, 0.1) is 0 Å². The predicted molar refractivity (Wildman–Crippen MR) is 80.7 cm³/mol. The van der Waals surface area contributed by atoms with Crippen molar-refractivity contribution in [1.29, 1.82) is 0 Å². The van der Waals surface area contributed by atoms with E-state index in [-0.39, 0.29) is 17.4 Å². The molecule has 0 saturated heterocycles. The third-order valence-electron chi connectivity index (χ3n) is 3.24. The van der Waals surface area contributed by atoms with E-state index in [0.29, 0.717) is 11.7 Å². The van der Waals surface area contributed by atoms with Crippen LogP contribution in [0, 0.1) is 0 Å². The van der Waals surface area contributed by atoms with E-state index in [9.17, 15) is 4.79 Å². The molecular weight excluding hydrogens is 266 g/mol. The Balaban J connectivity index is 2.20. The van der Waals surface area contributed by atoms with Crippen molar-refractivity contribution >= 4 is 5.91 Å². The summed E-state index contributed by atoms with van der Waals surface area (Å²) in [5.74, 6) is 0.805. The van der Waals surface area contributed by atoms with Gasteiger partial charge >= 0.3 is 0 Å². The predicted octanol–water partition coefficient (Wildman–Crippen LogP) is 3.23. The quantitative estimate of drug-likeness (QED) is 0.941. The summed E-state index contributed by atoms with van der Waals surface area (Å²) in [5, 5.41) is 6.69. The first-order valence-corrected chi connectivity index (χ1v) is 6.99. The maximum Gasteiger partial charge on any atom is 0.249 e. The number of hydrogen-bond acceptors (Lipinski definition) is 4. The number of rotatable bonds is 3. The Bertz CT molecular complexity index is 624. The van der Waals surface area contributed by atoms with Crippen LogP contribution in [0.25, 0.3) is 11.4 Å². The number of carbonyl (C=O) groups excluding carboxylic acids is 1. The highest BCUT2D eigenvalue weighted by atomic mass is 16.5. The van der Waals surface area contributed by atoms with Crippen molar-refractivity contribution in [3.05, 3.63) is 35.7 Å². The summed E-state index contributed by atoms with van der Waals surface area (Å²) in [6, 6.07) is 7.82. The molecule has 5 nitrogen and oxygen atoms in total. The Morgan fingerprint density at radius 2 is 1.86 bits per heavy atom. The monoisotopic (exact) mass is 287 g/mol. The van der Waals surface area contributed by atoms with Crippen LogP contribution in [-0.2, 0) is 10.2 Å². The maximum atomic E-state index is 11.0. The van der Waals surface area contributed by atoms with Crippen LogP contribution < -0.4 is 5.32 Å². The van der Waals surface area contributed by atoms with Gasteiger partial charge in [-0.1, -0.05) is 50.2 Å². The van der Waals surface area contributed by atoms with Gasteiger partial charge in [-0.25, -0.2) is 0 Å². The van der Waals surface area contributed by atoms with E-state index in [1.165, 1.54) is 12.5 Å². The summed E-state index contributed by atoms with van der Waals surface area (Å²) in [5.41, 5.74) is 2.26. The molecule has 1 N–H and O–H groups in total. The lowest BCUT2D eigenvalue weighted by Crippen LogP contribution is -2.23. The summed E-state index contributed by atoms with van der Waals surface area (Å²) in [4.78, 5) is 15.4. The summed E-state index contributed by atoms with van der Waals surface area (Å²) in [7, 11) is 0. The van der Waals surface area contributed by atoms with E-state index < -0.39 is 0 Å². The van der Waals surface area contributed by atoms with Crippen molar-refractivity contribution in [3.63, 3.8) is 0 Å². The van der Waals surface area contributed by atoms with Crippen molar-refractivity contribution in [2.75, 3.05) is 0 Å². The molecular formula is C16H21N3O2. The molecule has 1 amide bonds. The second-order valence-electron chi connectivity index (χ2n) is 6.21. The van der Waals surface area contributed by atoms with E-state index in [1.54, 1.807) is 6.92 Å². The minimum absolute atomic E-state index is 0.112. The zero-order valence-electron chi connectivity index (χ0n) is 13.1. The van der Waals surface area contributed by atoms with Gasteiger partial charge in [0.15, 0.2) is 0 Å². The molecule has 21 heavy (non-hydrogen) atoms. The lowest BCUT2D eigenvalue weighted by molar-refractivity contribution is -0.119. The third kappa shape index (κ3) is 3.68. The molecule has 1 aromatic carbocycles. The molecule has 5 heteroatoms. The first-order valence-electron chi connectivity index (χ1n) is 6.99. The van der Waals surface area contributed by atoms with Gasteiger partial charge in [0.1, 0.15) is 6.04 Å². The van der Waals surface area contributed by atoms with Crippen LogP contribution in [0.5, 0.6) is 0 Å². The number of nitrogens with one attached hydrogen (secondary N) is 1. The zero-order valence-corrected chi connectivity index (χ0v) is 13.1. The topological polar surface area (TPSA) is 68.0 Å². The average molecular weight is 287 g/mol. The van der Waals surface area contributed by atoms with Crippen molar-refractivity contribution in [2.45, 2.75) is 46.1 Å². The summed E-state index contributed by atoms with van der Waals surface area (Å²) in [6.45, 7) is 9.77. The Morgan fingerprint density at radius 1 is 1.24 bits per heavy atom. The highest BCUT2D eigenvalue weighted by Crippen LogP contribution is 2.25. The molecule has 112 valence electrons. The molecule has 0 aliphatic heterocycles. The molecule has 0 aliphatic rings. The molecule has 2 aromatic rings. The lowest BCUT2D eigenvalue weighted by Gasteiger charge is -2.18. The fraction of sp³-hybridized carbons (Fsp3) is 0.438. The highest BCUT2D eigenvalue weighted by molar-refractivity contribution is 5.73. The normalized spacial score (nSPS) is 13.0. The number of carbonyl (C=O) groups is 1. The Labute approximate surface area is 124 Å². The van der Waals surface area contributed by atoms with Gasteiger partial charge in [-0.2, -0.15) is 4.98 Å². The van der Waals surface area contributed by atoms with Crippen LogP contribution in [0.3, 0.4) is 0 Å². The van der Waals surface area contributed by atoms with E-state index in [1.807, 2.05) is 12.1 Å². The van der Waals surface area contributed by atoms with Crippen LogP contribution in [0.1, 0.15) is 52.1 Å². The summed E-state index contributed by atoms with van der Waals surface area (Å²) >= 11 is 0. The standard InChI is InChI=1S/C16H21N3O2/c1-10(17-11(2)20)15-18-14(19-21-15)12-6-8-13(9-7-12)16(3,4)5/h6-10H,1-5H3,(H,17,20). The second-order valence-corrected chi connectivity index (χ2v) is 6.21. The molecule has 0 bridgehead atoms. The molecule has 0 aliphatic carbocycles. The number of aromatic nitrogens is 2. The zero-order chi connectivity index (χ0) is 15.6. The molecule has 0 spiro atoms. The fourth-order valence-electron chi connectivity index (χ4n) is 2.01. The van der Waals surface area contributed by atoms with Crippen LogP contribution in [-0.4, -0.2) is 16.0 Å². The highest BCUT2D eigenvalue weighted by Gasteiger charge is 2.17. The van der Waals surface area contributed by atoms with Crippen LogP contribution in [0.15, 0.2) is 28.8 Å². The van der Waals surface area contributed by atoms with Crippen LogP contribution >= 0.6 is 0 Å². The van der Waals surface area contributed by atoms with Gasteiger partial charge in [-0.15, -0.1) is 0 Å². The van der Waals surface area contributed by atoms with Crippen molar-refractivity contribution in [2.24, 2.45) is 0 Å². The Hall–Kier alpha value is -2.17. The fourth-order valence-corrected chi connectivity index (χ4v) is 2.01. The number of nitrogens with zero attached hydrogens (tertiary/aromatic N) is 2. The first-order chi connectivity index (χ1) is 9.77. The average Bonchev–Trinajstić information content (AvgIpc) is 2.86. The van der Waals surface area contributed by atoms with Gasteiger partial charge in [0, 0.05) is 12.5 Å². The van der Waals surface area contributed by atoms with Gasteiger partial charge in [-0.3, -0.25) is 4.79 Å². The van der Waals surface area contributed by atoms with E-state index in [2.05, 4.69) is 48.4 Å². The molecule has 0 fully saturated rings. The van der Waals surface area contributed by atoms with E-state index in [0.717, 1.165) is 5.56 Å². The van der Waals surface area contributed by atoms with Crippen molar-refractivity contribution in [1.82, 2.24) is 15.5 Å². The van der Waals surface area contributed by atoms with Gasteiger partial charge < -0.3 is 9.84 Å². The summed E-state index contributed by atoms with van der Waals surface area (Å²) in [6.07, 6.45) is 0. The van der Waals surface area contributed by atoms with Crippen molar-refractivity contribution < 1.29 is 9.32 Å². The number of benzene rings is 1. The molecule has 0 saturated carbocycles. The molecule has 1 atom stereocenters. The Morgan fingerprint density at radius 3 is 2.38 bits per heavy atom. The summed E-state index contributed by atoms with van der Waals surface area (Å²) < 4.78 is 5.20. The molecule has 1 unspecified atom stereocenters. The van der Waals surface area contributed by atoms with E-state index in [4.69, 9.17) is 4.52 Å². The number of amides is 1. The van der Waals surface area contributed by atoms with Crippen LogP contribution in [0.4, 0.5) is 0 Å². The number of hydrogen-bond donors (Lipinski definition) is 1. The lowest BCUT2D eigenvalue weighted by atomic mass is 9.87. The molecule has 2 rings (SSSR count).